The van der Waals surface area contributed by atoms with E-state index in [0.29, 0.717) is 32.7 Å². The number of hydrogen-bond donors (Lipinski definition) is 0. The van der Waals surface area contributed by atoms with Crippen LogP contribution in [-0.2, 0) is 9.59 Å². The van der Waals surface area contributed by atoms with Gasteiger partial charge in [-0.1, -0.05) is 0 Å². The SMILES string of the molecule is CC(C)Oc1ccc(N2C[C@H](C(=O)N3CCN(c4ccc(F)cc4)CC3)CC2=O)cc1. The van der Waals surface area contributed by atoms with Crippen LogP contribution in [0.4, 0.5) is 15.8 Å². The Bertz CT molecular complexity index is 922. The third-order valence-electron chi connectivity index (χ3n) is 5.78. The molecule has 2 aromatic carbocycles. The highest BCUT2D eigenvalue weighted by Gasteiger charge is 2.38. The van der Waals surface area contributed by atoms with Gasteiger partial charge >= 0.3 is 0 Å². The molecule has 31 heavy (non-hydrogen) atoms. The number of amides is 2. The molecule has 0 bridgehead atoms. The normalized spacial score (nSPS) is 19.3. The van der Waals surface area contributed by atoms with Gasteiger partial charge in [0.25, 0.3) is 0 Å². The quantitative estimate of drug-likeness (QED) is 0.738. The summed E-state index contributed by atoms with van der Waals surface area (Å²) in [6, 6.07) is 13.9. The van der Waals surface area contributed by atoms with E-state index < -0.39 is 0 Å². The monoisotopic (exact) mass is 425 g/mol. The number of nitrogens with zero attached hydrogens (tertiary/aromatic N) is 3. The molecule has 2 heterocycles. The molecule has 2 fully saturated rings. The fourth-order valence-corrected chi connectivity index (χ4v) is 4.19. The number of carbonyl (C=O) groups is 2. The van der Waals surface area contributed by atoms with Gasteiger partial charge in [-0.3, -0.25) is 9.59 Å². The topological polar surface area (TPSA) is 53.1 Å². The number of rotatable bonds is 5. The third-order valence-corrected chi connectivity index (χ3v) is 5.78. The lowest BCUT2D eigenvalue weighted by Gasteiger charge is -2.37. The van der Waals surface area contributed by atoms with E-state index in [0.717, 1.165) is 17.1 Å². The van der Waals surface area contributed by atoms with Gasteiger partial charge in [-0.15, -0.1) is 0 Å². The highest BCUT2D eigenvalue weighted by molar-refractivity contribution is 6.00. The lowest BCUT2D eigenvalue weighted by atomic mass is 10.1. The molecule has 2 aromatic rings. The maximum absolute atomic E-state index is 13.1. The highest BCUT2D eigenvalue weighted by atomic mass is 19.1. The summed E-state index contributed by atoms with van der Waals surface area (Å²) < 4.78 is 18.8. The molecule has 0 spiro atoms. The van der Waals surface area contributed by atoms with Gasteiger partial charge in [0.15, 0.2) is 0 Å². The van der Waals surface area contributed by atoms with Crippen LogP contribution in [0.2, 0.25) is 0 Å². The fraction of sp³-hybridized carbons (Fsp3) is 0.417. The van der Waals surface area contributed by atoms with Crippen LogP contribution in [0.25, 0.3) is 0 Å². The van der Waals surface area contributed by atoms with Crippen molar-refractivity contribution in [2.45, 2.75) is 26.4 Å². The van der Waals surface area contributed by atoms with Gasteiger partial charge in [-0.25, -0.2) is 4.39 Å². The van der Waals surface area contributed by atoms with Crippen molar-refractivity contribution in [3.05, 3.63) is 54.3 Å². The highest BCUT2D eigenvalue weighted by Crippen LogP contribution is 2.28. The van der Waals surface area contributed by atoms with Crippen molar-refractivity contribution in [3.8, 4) is 5.75 Å². The van der Waals surface area contributed by atoms with Crippen LogP contribution in [0.1, 0.15) is 20.3 Å². The molecular formula is C24H28FN3O3. The molecule has 0 aliphatic carbocycles. The van der Waals surface area contributed by atoms with Gasteiger partial charge in [0.05, 0.1) is 12.0 Å². The molecule has 164 valence electrons. The summed E-state index contributed by atoms with van der Waals surface area (Å²) in [4.78, 5) is 31.3. The van der Waals surface area contributed by atoms with Crippen LogP contribution in [0.5, 0.6) is 5.75 Å². The van der Waals surface area contributed by atoms with Crippen LogP contribution < -0.4 is 14.5 Å². The maximum atomic E-state index is 13.1. The van der Waals surface area contributed by atoms with Crippen LogP contribution in [-0.4, -0.2) is 55.5 Å². The lowest BCUT2D eigenvalue weighted by molar-refractivity contribution is -0.136. The van der Waals surface area contributed by atoms with E-state index in [2.05, 4.69) is 4.90 Å². The Kier molecular flexibility index (Phi) is 6.11. The number of carbonyl (C=O) groups excluding carboxylic acids is 2. The molecule has 2 amide bonds. The zero-order valence-electron chi connectivity index (χ0n) is 18.0. The number of benzene rings is 2. The number of anilines is 2. The summed E-state index contributed by atoms with van der Waals surface area (Å²) in [6.45, 7) is 6.92. The molecule has 0 saturated carbocycles. The van der Waals surface area contributed by atoms with E-state index >= 15 is 0 Å². The molecule has 7 heteroatoms. The largest absolute Gasteiger partial charge is 0.491 e. The Hall–Kier alpha value is -3.09. The average molecular weight is 426 g/mol. The predicted octanol–water partition coefficient (Wildman–Crippen LogP) is 3.31. The van der Waals surface area contributed by atoms with Crippen molar-refractivity contribution in [2.75, 3.05) is 42.5 Å². The fourth-order valence-electron chi connectivity index (χ4n) is 4.19. The molecule has 6 nitrogen and oxygen atoms in total. The lowest BCUT2D eigenvalue weighted by Crippen LogP contribution is -2.50. The molecule has 2 saturated heterocycles. The average Bonchev–Trinajstić information content (AvgIpc) is 3.16. The second kappa shape index (κ2) is 8.96. The summed E-state index contributed by atoms with van der Waals surface area (Å²) in [5, 5.41) is 0. The molecule has 0 radical (unpaired) electrons. The zero-order chi connectivity index (χ0) is 22.0. The Morgan fingerprint density at radius 3 is 2.19 bits per heavy atom. The Morgan fingerprint density at radius 2 is 1.58 bits per heavy atom. The Balaban J connectivity index is 1.34. The van der Waals surface area contributed by atoms with Crippen molar-refractivity contribution >= 4 is 23.2 Å². The summed E-state index contributed by atoms with van der Waals surface area (Å²) in [5.41, 5.74) is 1.75. The van der Waals surface area contributed by atoms with Crippen LogP contribution >= 0.6 is 0 Å². The molecule has 4 rings (SSSR count). The van der Waals surface area contributed by atoms with Crippen molar-refractivity contribution in [2.24, 2.45) is 5.92 Å². The standard InChI is InChI=1S/C24H28FN3O3/c1-17(2)31-22-9-7-21(8-10-22)28-16-18(15-23(28)29)24(30)27-13-11-26(12-14-27)20-5-3-19(25)4-6-20/h3-10,17-18H,11-16H2,1-2H3/t18-/m1/s1. The minimum atomic E-state index is -0.323. The summed E-state index contributed by atoms with van der Waals surface area (Å²) in [5.74, 6) is 0.193. The van der Waals surface area contributed by atoms with Gasteiger partial charge in [0.1, 0.15) is 11.6 Å². The van der Waals surface area contributed by atoms with Crippen molar-refractivity contribution in [1.29, 1.82) is 0 Å². The van der Waals surface area contributed by atoms with Crippen molar-refractivity contribution in [3.63, 3.8) is 0 Å². The molecule has 1 atom stereocenters. The molecule has 0 unspecified atom stereocenters. The van der Waals surface area contributed by atoms with E-state index in [-0.39, 0.29) is 36.1 Å². The van der Waals surface area contributed by atoms with Gasteiger partial charge in [0, 0.05) is 50.5 Å². The first kappa shape index (κ1) is 21.2. The van der Waals surface area contributed by atoms with E-state index in [1.54, 1.807) is 17.0 Å². The van der Waals surface area contributed by atoms with Gasteiger partial charge in [0.2, 0.25) is 11.8 Å². The number of ether oxygens (including phenoxy) is 1. The predicted molar refractivity (Wildman–Crippen MR) is 118 cm³/mol. The molecule has 2 aliphatic heterocycles. The van der Waals surface area contributed by atoms with Gasteiger partial charge in [-0.2, -0.15) is 0 Å². The van der Waals surface area contributed by atoms with Crippen LogP contribution in [0.3, 0.4) is 0 Å². The zero-order valence-corrected chi connectivity index (χ0v) is 18.0. The first-order chi connectivity index (χ1) is 14.9. The molecular weight excluding hydrogens is 397 g/mol. The second-order valence-electron chi connectivity index (χ2n) is 8.35. The van der Waals surface area contributed by atoms with E-state index in [9.17, 15) is 14.0 Å². The first-order valence-corrected chi connectivity index (χ1v) is 10.8. The van der Waals surface area contributed by atoms with E-state index in [1.165, 1.54) is 12.1 Å². The molecule has 0 aromatic heterocycles. The van der Waals surface area contributed by atoms with Gasteiger partial charge < -0.3 is 19.4 Å². The van der Waals surface area contributed by atoms with Gasteiger partial charge in [-0.05, 0) is 62.4 Å². The summed E-state index contributed by atoms with van der Waals surface area (Å²) >= 11 is 0. The molecule has 2 aliphatic rings. The first-order valence-electron chi connectivity index (χ1n) is 10.8. The minimum absolute atomic E-state index is 0.0270. The minimum Gasteiger partial charge on any atom is -0.491 e. The molecule has 0 N–H and O–H groups in total. The van der Waals surface area contributed by atoms with Crippen molar-refractivity contribution < 1.29 is 18.7 Å². The van der Waals surface area contributed by atoms with Crippen LogP contribution in [0.15, 0.2) is 48.5 Å². The number of hydrogen-bond acceptors (Lipinski definition) is 4. The Labute approximate surface area is 182 Å². The summed E-state index contributed by atoms with van der Waals surface area (Å²) in [6.07, 6.45) is 0.325. The van der Waals surface area contributed by atoms with E-state index in [4.69, 9.17) is 4.74 Å². The number of piperazine rings is 1. The Morgan fingerprint density at radius 1 is 0.968 bits per heavy atom. The maximum Gasteiger partial charge on any atom is 0.228 e. The van der Waals surface area contributed by atoms with E-state index in [1.807, 2.05) is 43.0 Å². The summed E-state index contributed by atoms with van der Waals surface area (Å²) in [7, 11) is 0. The number of halogens is 1. The second-order valence-corrected chi connectivity index (χ2v) is 8.35. The third kappa shape index (κ3) is 4.81. The smallest absolute Gasteiger partial charge is 0.228 e. The van der Waals surface area contributed by atoms with Crippen LogP contribution in [0, 0.1) is 11.7 Å². The van der Waals surface area contributed by atoms with Crippen molar-refractivity contribution in [1.82, 2.24) is 4.90 Å².